The summed E-state index contributed by atoms with van der Waals surface area (Å²) < 4.78 is 1.68. The fourth-order valence-electron chi connectivity index (χ4n) is 4.78. The van der Waals surface area contributed by atoms with E-state index in [1.54, 1.807) is 4.68 Å². The number of amides is 3. The fraction of sp³-hybridized carbons (Fsp3) is 0.560. The van der Waals surface area contributed by atoms with Crippen LogP contribution in [0.15, 0.2) is 24.3 Å². The van der Waals surface area contributed by atoms with E-state index in [9.17, 15) is 9.59 Å². The molecule has 0 spiro atoms. The van der Waals surface area contributed by atoms with Crippen molar-refractivity contribution in [2.45, 2.75) is 77.4 Å². The largest absolute Gasteiger partial charge is 0.349 e. The van der Waals surface area contributed by atoms with Crippen LogP contribution in [-0.2, 0) is 6.54 Å². The predicted molar refractivity (Wildman–Crippen MR) is 130 cm³/mol. The number of carbonyl (C=O) groups excluding carboxylic acids is 2. The SMILES string of the molecule is Cc1ccc(Cn2nc(C)c(C(=O)NC3CCN(C(=O)NC4CCCCC4)CC3)c2Cl)cc1. The molecule has 33 heavy (non-hydrogen) atoms. The highest BCUT2D eigenvalue weighted by molar-refractivity contribution is 6.33. The van der Waals surface area contributed by atoms with E-state index in [-0.39, 0.29) is 18.0 Å². The van der Waals surface area contributed by atoms with Gasteiger partial charge >= 0.3 is 6.03 Å². The van der Waals surface area contributed by atoms with Gasteiger partial charge in [-0.3, -0.25) is 4.79 Å². The lowest BCUT2D eigenvalue weighted by Crippen LogP contribution is -2.51. The molecule has 0 bridgehead atoms. The second-order valence-corrected chi connectivity index (χ2v) is 9.77. The highest BCUT2D eigenvalue weighted by Crippen LogP contribution is 2.22. The number of aromatic nitrogens is 2. The van der Waals surface area contributed by atoms with E-state index >= 15 is 0 Å². The van der Waals surface area contributed by atoms with Crippen LogP contribution < -0.4 is 10.6 Å². The Labute approximate surface area is 200 Å². The lowest BCUT2D eigenvalue weighted by molar-refractivity contribution is 0.0917. The van der Waals surface area contributed by atoms with Crippen LogP contribution in [0, 0.1) is 13.8 Å². The number of rotatable bonds is 5. The third kappa shape index (κ3) is 5.88. The normalized spacial score (nSPS) is 17.7. The number of nitrogens with one attached hydrogen (secondary N) is 2. The lowest BCUT2D eigenvalue weighted by Gasteiger charge is -2.34. The molecule has 1 aromatic carbocycles. The highest BCUT2D eigenvalue weighted by atomic mass is 35.5. The Morgan fingerprint density at radius 2 is 1.61 bits per heavy atom. The van der Waals surface area contributed by atoms with Crippen molar-refractivity contribution in [1.29, 1.82) is 0 Å². The molecule has 2 heterocycles. The molecule has 4 rings (SSSR count). The number of nitrogens with zero attached hydrogens (tertiary/aromatic N) is 3. The Morgan fingerprint density at radius 3 is 2.27 bits per heavy atom. The van der Waals surface area contributed by atoms with Crippen LogP contribution in [0.4, 0.5) is 4.79 Å². The lowest BCUT2D eigenvalue weighted by atomic mass is 9.95. The maximum Gasteiger partial charge on any atom is 0.317 e. The molecule has 3 amide bonds. The summed E-state index contributed by atoms with van der Waals surface area (Å²) in [6.07, 6.45) is 7.29. The minimum Gasteiger partial charge on any atom is -0.349 e. The summed E-state index contributed by atoms with van der Waals surface area (Å²) in [6.45, 7) is 5.66. The summed E-state index contributed by atoms with van der Waals surface area (Å²) in [6, 6.07) is 8.55. The highest BCUT2D eigenvalue weighted by Gasteiger charge is 2.28. The molecule has 2 N–H and O–H groups in total. The molecule has 1 aliphatic carbocycles. The third-order valence-corrected chi connectivity index (χ3v) is 7.18. The minimum absolute atomic E-state index is 0.0205. The van der Waals surface area contributed by atoms with Gasteiger partial charge in [0.15, 0.2) is 0 Å². The molecule has 0 atom stereocenters. The second kappa shape index (κ2) is 10.6. The molecule has 1 saturated heterocycles. The van der Waals surface area contributed by atoms with Gasteiger partial charge in [-0.25, -0.2) is 9.48 Å². The quantitative estimate of drug-likeness (QED) is 0.676. The van der Waals surface area contributed by atoms with Crippen LogP contribution >= 0.6 is 11.6 Å². The molecule has 2 fully saturated rings. The average molecular weight is 472 g/mol. The zero-order valence-electron chi connectivity index (χ0n) is 19.6. The summed E-state index contributed by atoms with van der Waals surface area (Å²) in [4.78, 5) is 27.4. The number of carbonyl (C=O) groups is 2. The maximum absolute atomic E-state index is 13.0. The van der Waals surface area contributed by atoms with E-state index in [1.165, 1.54) is 24.8 Å². The van der Waals surface area contributed by atoms with Gasteiger partial charge in [0.1, 0.15) is 5.15 Å². The van der Waals surface area contributed by atoms with E-state index < -0.39 is 0 Å². The van der Waals surface area contributed by atoms with Crippen molar-refractivity contribution in [3.63, 3.8) is 0 Å². The summed E-state index contributed by atoms with van der Waals surface area (Å²) in [5, 5.41) is 11.1. The Hall–Kier alpha value is -2.54. The number of urea groups is 1. The van der Waals surface area contributed by atoms with Crippen molar-refractivity contribution in [3.05, 3.63) is 51.8 Å². The minimum atomic E-state index is -0.197. The number of hydrogen-bond donors (Lipinski definition) is 2. The van der Waals surface area contributed by atoms with Crippen LogP contribution in [-0.4, -0.2) is 51.8 Å². The van der Waals surface area contributed by atoms with Gasteiger partial charge in [0, 0.05) is 25.2 Å². The molecule has 0 unspecified atom stereocenters. The zero-order chi connectivity index (χ0) is 23.4. The number of aryl methyl sites for hydroxylation is 2. The molecule has 1 aromatic heterocycles. The molecule has 2 aromatic rings. The van der Waals surface area contributed by atoms with E-state index in [2.05, 4.69) is 27.9 Å². The van der Waals surface area contributed by atoms with Crippen molar-refractivity contribution in [1.82, 2.24) is 25.3 Å². The first-order valence-electron chi connectivity index (χ1n) is 12.1. The van der Waals surface area contributed by atoms with Crippen molar-refractivity contribution >= 4 is 23.5 Å². The zero-order valence-corrected chi connectivity index (χ0v) is 20.3. The summed E-state index contributed by atoms with van der Waals surface area (Å²) in [5.74, 6) is -0.197. The van der Waals surface area contributed by atoms with E-state index in [1.807, 2.05) is 30.9 Å². The molecule has 2 aliphatic rings. The van der Waals surface area contributed by atoms with Gasteiger partial charge in [0.25, 0.3) is 5.91 Å². The first kappa shape index (κ1) is 23.6. The van der Waals surface area contributed by atoms with Crippen LogP contribution in [0.2, 0.25) is 5.15 Å². The molecule has 0 radical (unpaired) electrons. The first-order chi connectivity index (χ1) is 15.9. The van der Waals surface area contributed by atoms with Gasteiger partial charge < -0.3 is 15.5 Å². The molecule has 7 nitrogen and oxygen atoms in total. The molecule has 8 heteroatoms. The van der Waals surface area contributed by atoms with Gasteiger partial charge in [-0.15, -0.1) is 0 Å². The van der Waals surface area contributed by atoms with Crippen molar-refractivity contribution < 1.29 is 9.59 Å². The van der Waals surface area contributed by atoms with Crippen LogP contribution in [0.25, 0.3) is 0 Å². The van der Waals surface area contributed by atoms with Gasteiger partial charge in [0.05, 0.1) is 17.8 Å². The van der Waals surface area contributed by atoms with Crippen LogP contribution in [0.3, 0.4) is 0 Å². The topological polar surface area (TPSA) is 79.3 Å². The van der Waals surface area contributed by atoms with Gasteiger partial charge in [-0.1, -0.05) is 60.7 Å². The third-order valence-electron chi connectivity index (χ3n) is 6.80. The second-order valence-electron chi connectivity index (χ2n) is 9.41. The van der Waals surface area contributed by atoms with Gasteiger partial charge in [0.2, 0.25) is 0 Å². The van der Waals surface area contributed by atoms with E-state index in [0.29, 0.717) is 42.1 Å². The number of piperidine rings is 1. The van der Waals surface area contributed by atoms with E-state index in [4.69, 9.17) is 11.6 Å². The van der Waals surface area contributed by atoms with Crippen molar-refractivity contribution in [2.24, 2.45) is 0 Å². The Kier molecular flexibility index (Phi) is 7.58. The summed E-state index contributed by atoms with van der Waals surface area (Å²) >= 11 is 6.56. The Balaban J connectivity index is 1.30. The molecular weight excluding hydrogens is 438 g/mol. The molecule has 178 valence electrons. The van der Waals surface area contributed by atoms with Crippen LogP contribution in [0.1, 0.15) is 72.1 Å². The molecule has 1 aliphatic heterocycles. The van der Waals surface area contributed by atoms with Crippen molar-refractivity contribution in [3.8, 4) is 0 Å². The number of hydrogen-bond acceptors (Lipinski definition) is 3. The average Bonchev–Trinajstić information content (AvgIpc) is 3.09. The van der Waals surface area contributed by atoms with Crippen LogP contribution in [0.5, 0.6) is 0 Å². The predicted octanol–water partition coefficient (Wildman–Crippen LogP) is 4.44. The van der Waals surface area contributed by atoms with Gasteiger partial charge in [-0.2, -0.15) is 5.10 Å². The number of benzene rings is 1. The van der Waals surface area contributed by atoms with E-state index in [0.717, 1.165) is 31.2 Å². The number of halogens is 1. The smallest absolute Gasteiger partial charge is 0.317 e. The molecular formula is C25H34ClN5O2. The summed E-state index contributed by atoms with van der Waals surface area (Å²) in [5.41, 5.74) is 3.32. The van der Waals surface area contributed by atoms with Crippen molar-refractivity contribution in [2.75, 3.05) is 13.1 Å². The monoisotopic (exact) mass is 471 g/mol. The van der Waals surface area contributed by atoms with Gasteiger partial charge in [-0.05, 0) is 45.1 Å². The standard InChI is InChI=1S/C25H34ClN5O2/c1-17-8-10-19(11-9-17)16-31-23(26)22(18(2)29-31)24(32)27-21-12-14-30(15-13-21)25(33)28-20-6-4-3-5-7-20/h8-11,20-21H,3-7,12-16H2,1-2H3,(H,27,32)(H,28,33). The maximum atomic E-state index is 13.0. The molecule has 1 saturated carbocycles. The Morgan fingerprint density at radius 1 is 0.970 bits per heavy atom. The summed E-state index contributed by atoms with van der Waals surface area (Å²) in [7, 11) is 0. The first-order valence-corrected chi connectivity index (χ1v) is 12.4. The fourth-order valence-corrected chi connectivity index (χ4v) is 5.10. The number of likely N-dealkylation sites (tertiary alicyclic amines) is 1. The Bertz CT molecular complexity index is 973.